The van der Waals surface area contributed by atoms with Gasteiger partial charge in [0, 0.05) is 48.9 Å². The molecule has 1 aromatic carbocycles. The Balaban J connectivity index is 1.43. The van der Waals surface area contributed by atoms with Gasteiger partial charge in [0.15, 0.2) is 5.78 Å². The largest absolute Gasteiger partial charge is 0.369 e. The van der Waals surface area contributed by atoms with Crippen molar-refractivity contribution in [2.45, 2.75) is 57.8 Å². The van der Waals surface area contributed by atoms with Crippen LogP contribution in [-0.4, -0.2) is 97.5 Å². The molecule has 3 aliphatic heterocycles. The molecule has 0 aliphatic carbocycles. The number of rotatable bonds is 9. The van der Waals surface area contributed by atoms with Crippen LogP contribution in [0.15, 0.2) is 29.4 Å². The highest BCUT2D eigenvalue weighted by molar-refractivity contribution is 5.99. The highest BCUT2D eigenvalue weighted by atomic mass is 16.5. The summed E-state index contributed by atoms with van der Waals surface area (Å²) in [6.07, 6.45) is 0.931. The summed E-state index contributed by atoms with van der Waals surface area (Å²) < 4.78 is 5.52. The number of hydrogen-bond donors (Lipinski definition) is 1. The summed E-state index contributed by atoms with van der Waals surface area (Å²) in [5.41, 5.74) is 10.5. The van der Waals surface area contributed by atoms with Crippen molar-refractivity contribution < 1.29 is 19.1 Å². The lowest BCUT2D eigenvalue weighted by Gasteiger charge is -2.36. The Morgan fingerprint density at radius 2 is 1.89 bits per heavy atom. The topological polar surface area (TPSA) is 131 Å². The van der Waals surface area contributed by atoms with Gasteiger partial charge >= 0.3 is 0 Å². The lowest BCUT2D eigenvalue weighted by molar-refractivity contribution is -0.138. The number of piperazine rings is 1. The number of carbonyl (C=O) groups excluding carboxylic acids is 3. The number of nitrogens with one attached hydrogen (secondary N) is 1. The predicted molar refractivity (Wildman–Crippen MR) is 139 cm³/mol. The van der Waals surface area contributed by atoms with Crippen LogP contribution < -0.4 is 10.2 Å². The molecule has 0 unspecified atom stereocenters. The second kappa shape index (κ2) is 11.9. The van der Waals surface area contributed by atoms with Crippen molar-refractivity contribution in [2.24, 2.45) is 11.0 Å². The van der Waals surface area contributed by atoms with Crippen LogP contribution in [-0.2, 0) is 14.3 Å². The van der Waals surface area contributed by atoms with Gasteiger partial charge in [-0.05, 0) is 55.1 Å². The van der Waals surface area contributed by atoms with Gasteiger partial charge in [0.1, 0.15) is 18.7 Å². The van der Waals surface area contributed by atoms with Crippen LogP contribution in [0.3, 0.4) is 0 Å². The molecule has 3 heterocycles. The molecule has 4 atom stereocenters. The Kier molecular flexibility index (Phi) is 8.68. The van der Waals surface area contributed by atoms with E-state index in [9.17, 15) is 14.4 Å². The second-order valence-electron chi connectivity index (χ2n) is 10.5. The summed E-state index contributed by atoms with van der Waals surface area (Å²) in [6.45, 7) is 11.2. The fraction of sp³-hybridized carbons (Fsp3) is 0.654. The van der Waals surface area contributed by atoms with Crippen LogP contribution in [0.1, 0.15) is 44.0 Å². The maximum atomic E-state index is 13.6. The predicted octanol–water partition coefficient (Wildman–Crippen LogP) is 2.22. The maximum Gasteiger partial charge on any atom is 0.251 e. The van der Waals surface area contributed by atoms with E-state index in [1.54, 1.807) is 12.1 Å². The average molecular weight is 512 g/mol. The van der Waals surface area contributed by atoms with E-state index in [1.807, 2.05) is 26.0 Å². The molecule has 11 heteroatoms. The summed E-state index contributed by atoms with van der Waals surface area (Å²) in [5, 5.41) is 6.63. The Morgan fingerprint density at radius 3 is 2.51 bits per heavy atom. The number of benzene rings is 1. The number of likely N-dealkylation sites (tertiary alicyclic amines) is 1. The number of azide groups is 1. The quantitative estimate of drug-likeness (QED) is 0.307. The molecule has 0 bridgehead atoms. The van der Waals surface area contributed by atoms with Crippen molar-refractivity contribution in [3.8, 4) is 0 Å². The number of fused-ring (bicyclic) bond motifs is 1. The van der Waals surface area contributed by atoms with E-state index in [2.05, 4.69) is 32.1 Å². The Hall–Kier alpha value is -3.14. The van der Waals surface area contributed by atoms with E-state index in [4.69, 9.17) is 10.3 Å². The number of Topliss-reactive ketones (excluding diaryl/α,β-unsaturated/α-hetero) is 1. The normalized spacial score (nSPS) is 24.6. The van der Waals surface area contributed by atoms with Gasteiger partial charge in [-0.15, -0.1) is 0 Å². The van der Waals surface area contributed by atoms with Crippen molar-refractivity contribution in [3.63, 3.8) is 0 Å². The summed E-state index contributed by atoms with van der Waals surface area (Å²) in [6, 6.07) is 5.26. The zero-order valence-corrected chi connectivity index (χ0v) is 21.9. The van der Waals surface area contributed by atoms with E-state index in [1.165, 1.54) is 4.90 Å². The Bertz CT molecular complexity index is 1030. The van der Waals surface area contributed by atoms with E-state index in [0.29, 0.717) is 12.0 Å². The molecule has 3 aliphatic rings. The Morgan fingerprint density at radius 1 is 1.19 bits per heavy atom. The summed E-state index contributed by atoms with van der Waals surface area (Å²) in [4.78, 5) is 48.3. The van der Waals surface area contributed by atoms with E-state index in [0.717, 1.165) is 44.8 Å². The molecule has 3 saturated heterocycles. The van der Waals surface area contributed by atoms with Crippen LogP contribution >= 0.6 is 0 Å². The van der Waals surface area contributed by atoms with Gasteiger partial charge in [-0.1, -0.05) is 25.9 Å². The van der Waals surface area contributed by atoms with Gasteiger partial charge in [-0.3, -0.25) is 19.3 Å². The third kappa shape index (κ3) is 6.06. The molecule has 2 amide bonds. The van der Waals surface area contributed by atoms with Gasteiger partial charge in [0.25, 0.3) is 5.91 Å². The van der Waals surface area contributed by atoms with E-state index < -0.39 is 24.2 Å². The minimum absolute atomic E-state index is 0.0919. The molecular formula is C26H37N7O4. The summed E-state index contributed by atoms with van der Waals surface area (Å²) in [5.74, 6) is -0.776. The summed E-state index contributed by atoms with van der Waals surface area (Å²) in [7, 11) is 0. The number of ketones is 1. The van der Waals surface area contributed by atoms with Crippen molar-refractivity contribution in [1.29, 1.82) is 0 Å². The highest BCUT2D eigenvalue weighted by Gasteiger charge is 2.53. The first kappa shape index (κ1) is 26.9. The number of anilines is 1. The monoisotopic (exact) mass is 511 g/mol. The molecule has 0 radical (unpaired) electrons. The number of hydrogen-bond acceptors (Lipinski definition) is 7. The van der Waals surface area contributed by atoms with Crippen LogP contribution in [0, 0.1) is 5.92 Å². The average Bonchev–Trinajstić information content (AvgIpc) is 3.44. The SMILES string of the molecule is CCCN1CCN(c2ccc(C(=O)N[C@@H](CC(C)C)C(=O)N3C[C@@H](N=[N+]=[N-])[C@H]4OCC(=O)[C@H]43)cc2)CC1. The summed E-state index contributed by atoms with van der Waals surface area (Å²) >= 11 is 0. The lowest BCUT2D eigenvalue weighted by Crippen LogP contribution is -2.52. The van der Waals surface area contributed by atoms with Gasteiger partial charge in [-0.25, -0.2) is 0 Å². The lowest BCUT2D eigenvalue weighted by atomic mass is 10.0. The van der Waals surface area contributed by atoms with Crippen LogP contribution in [0.25, 0.3) is 10.4 Å². The zero-order valence-electron chi connectivity index (χ0n) is 21.9. The van der Waals surface area contributed by atoms with Gasteiger partial charge in [0.2, 0.25) is 5.91 Å². The van der Waals surface area contributed by atoms with Crippen LogP contribution in [0.5, 0.6) is 0 Å². The minimum Gasteiger partial charge on any atom is -0.369 e. The van der Waals surface area contributed by atoms with Gasteiger partial charge in [0.05, 0.1) is 12.1 Å². The highest BCUT2D eigenvalue weighted by Crippen LogP contribution is 2.30. The van der Waals surface area contributed by atoms with E-state index >= 15 is 0 Å². The molecule has 200 valence electrons. The number of ether oxygens (including phenoxy) is 1. The first-order valence-electron chi connectivity index (χ1n) is 13.2. The molecule has 4 rings (SSSR count). The van der Waals surface area contributed by atoms with Gasteiger partial charge < -0.3 is 19.9 Å². The first-order valence-corrected chi connectivity index (χ1v) is 13.2. The van der Waals surface area contributed by atoms with Gasteiger partial charge in [-0.2, -0.15) is 0 Å². The maximum absolute atomic E-state index is 13.6. The molecule has 0 aromatic heterocycles. The third-order valence-corrected chi connectivity index (χ3v) is 7.36. The van der Waals surface area contributed by atoms with Crippen LogP contribution in [0.2, 0.25) is 0 Å². The fourth-order valence-corrected chi connectivity index (χ4v) is 5.53. The molecule has 1 aromatic rings. The third-order valence-electron chi connectivity index (χ3n) is 7.36. The van der Waals surface area contributed by atoms with Crippen molar-refractivity contribution in [2.75, 3.05) is 50.8 Å². The fourth-order valence-electron chi connectivity index (χ4n) is 5.53. The standard InChI is InChI=1S/C26H37N7O4/c1-4-9-31-10-12-32(13-11-31)19-7-5-18(6-8-19)25(35)28-20(14-17(2)3)26(36)33-15-21(29-30-27)24-23(33)22(34)16-37-24/h5-8,17,20-21,23-24H,4,9-16H2,1-3H3,(H,28,35)/t20-,21+,23+,24+/m0/s1. The van der Waals surface area contributed by atoms with Crippen molar-refractivity contribution in [3.05, 3.63) is 40.3 Å². The zero-order chi connectivity index (χ0) is 26.5. The molecule has 37 heavy (non-hydrogen) atoms. The number of carbonyl (C=O) groups is 3. The van der Waals surface area contributed by atoms with E-state index in [-0.39, 0.29) is 36.7 Å². The number of amides is 2. The Labute approximate surface area is 217 Å². The molecule has 0 saturated carbocycles. The number of nitrogens with zero attached hydrogens (tertiary/aromatic N) is 6. The molecule has 3 fully saturated rings. The molecule has 1 N–H and O–H groups in total. The first-order chi connectivity index (χ1) is 17.8. The molecule has 0 spiro atoms. The van der Waals surface area contributed by atoms with Crippen molar-refractivity contribution >= 4 is 23.3 Å². The molecular weight excluding hydrogens is 474 g/mol. The minimum atomic E-state index is -0.808. The smallest absolute Gasteiger partial charge is 0.251 e. The van der Waals surface area contributed by atoms with Crippen molar-refractivity contribution in [1.82, 2.24) is 15.1 Å². The molecule has 11 nitrogen and oxygen atoms in total. The van der Waals surface area contributed by atoms with Crippen LogP contribution in [0.4, 0.5) is 5.69 Å². The second-order valence-corrected chi connectivity index (χ2v) is 10.5.